The van der Waals surface area contributed by atoms with Crippen molar-refractivity contribution >= 4 is 34.8 Å². The fourth-order valence-electron chi connectivity index (χ4n) is 2.92. The molecule has 0 aliphatic heterocycles. The molecule has 0 spiro atoms. The molecule has 0 fully saturated rings. The predicted molar refractivity (Wildman–Crippen MR) is 127 cm³/mol. The third kappa shape index (κ3) is 5.81. The number of anilines is 2. The summed E-state index contributed by atoms with van der Waals surface area (Å²) in [5.41, 5.74) is 2.58. The Morgan fingerprint density at radius 3 is 2.22 bits per heavy atom. The van der Waals surface area contributed by atoms with Crippen molar-refractivity contribution in [2.24, 2.45) is 0 Å². The van der Waals surface area contributed by atoms with Crippen molar-refractivity contribution in [2.45, 2.75) is 0 Å². The molecule has 0 radical (unpaired) electrons. The summed E-state index contributed by atoms with van der Waals surface area (Å²) in [6, 6.07) is 9.12. The summed E-state index contributed by atoms with van der Waals surface area (Å²) in [6.07, 6.45) is 12.7. The molecule has 3 aromatic rings. The Kier molecular flexibility index (Phi) is 9.59. The first-order valence-corrected chi connectivity index (χ1v) is 9.57. The van der Waals surface area contributed by atoms with Crippen molar-refractivity contribution in [2.75, 3.05) is 46.0 Å². The van der Waals surface area contributed by atoms with Crippen LogP contribution in [-0.4, -0.2) is 50.6 Å². The van der Waals surface area contributed by atoms with Crippen LogP contribution in [0.25, 0.3) is 10.9 Å². The third-order valence-corrected chi connectivity index (χ3v) is 4.41. The monoisotopic (exact) mass is 453 g/mol. The first kappa shape index (κ1) is 24.8. The van der Waals surface area contributed by atoms with Gasteiger partial charge in [0.2, 0.25) is 0 Å². The topological polar surface area (TPSA) is 74.7 Å². The van der Waals surface area contributed by atoms with Gasteiger partial charge in [-0.1, -0.05) is 17.9 Å². The molecule has 1 aromatic heterocycles. The van der Waals surface area contributed by atoms with Crippen molar-refractivity contribution in [3.05, 3.63) is 47.8 Å². The van der Waals surface area contributed by atoms with E-state index < -0.39 is 0 Å². The summed E-state index contributed by atoms with van der Waals surface area (Å²) in [7, 11) is 3.23. The quantitative estimate of drug-likeness (QED) is 0.369. The van der Waals surface area contributed by atoms with Crippen molar-refractivity contribution in [3.63, 3.8) is 0 Å². The number of aromatic nitrogens is 2. The van der Waals surface area contributed by atoms with E-state index in [-0.39, 0.29) is 12.4 Å². The Morgan fingerprint density at radius 1 is 0.906 bits per heavy atom. The molecule has 8 heteroatoms. The average Bonchev–Trinajstić information content (AvgIpc) is 2.79. The van der Waals surface area contributed by atoms with Gasteiger partial charge in [-0.15, -0.1) is 25.3 Å². The number of fused-ring (bicyclic) bond motifs is 1. The maximum atomic E-state index is 5.87. The molecule has 1 heterocycles. The molecule has 2 aromatic carbocycles. The number of ether oxygens (including phenoxy) is 4. The van der Waals surface area contributed by atoms with Crippen LogP contribution in [0.5, 0.6) is 11.5 Å². The van der Waals surface area contributed by atoms with Gasteiger partial charge in [-0.3, -0.25) is 0 Å². The Labute approximate surface area is 193 Å². The first-order chi connectivity index (χ1) is 15.2. The van der Waals surface area contributed by atoms with Gasteiger partial charge in [0.05, 0.1) is 30.0 Å². The summed E-state index contributed by atoms with van der Waals surface area (Å²) in [5.74, 6) is 6.93. The van der Waals surface area contributed by atoms with E-state index in [1.807, 2.05) is 18.2 Å². The van der Waals surface area contributed by atoms with E-state index in [2.05, 4.69) is 27.1 Å². The van der Waals surface area contributed by atoms with Gasteiger partial charge in [-0.25, -0.2) is 9.97 Å². The van der Waals surface area contributed by atoms with Crippen molar-refractivity contribution in [1.29, 1.82) is 0 Å². The van der Waals surface area contributed by atoms with Gasteiger partial charge in [0, 0.05) is 31.2 Å². The zero-order valence-electron chi connectivity index (χ0n) is 17.9. The van der Waals surface area contributed by atoms with Crippen LogP contribution in [-0.2, 0) is 9.47 Å². The van der Waals surface area contributed by atoms with E-state index in [0.717, 1.165) is 5.39 Å². The maximum Gasteiger partial charge on any atom is 0.163 e. The number of hydrogen-bond donors (Lipinski definition) is 1. The summed E-state index contributed by atoms with van der Waals surface area (Å²) < 4.78 is 21.8. The normalized spacial score (nSPS) is 10.0. The van der Waals surface area contributed by atoms with E-state index in [9.17, 15) is 0 Å². The third-order valence-electron chi connectivity index (χ3n) is 4.41. The second kappa shape index (κ2) is 12.4. The van der Waals surface area contributed by atoms with Crippen LogP contribution in [0.15, 0.2) is 36.7 Å². The summed E-state index contributed by atoms with van der Waals surface area (Å²) >= 11 is 0. The molecular weight excluding hydrogens is 430 g/mol. The largest absolute Gasteiger partial charge is 0.487 e. The number of nitrogens with zero attached hydrogens (tertiary/aromatic N) is 2. The minimum Gasteiger partial charge on any atom is -0.487 e. The molecule has 7 nitrogen and oxygen atoms in total. The number of rotatable bonds is 10. The van der Waals surface area contributed by atoms with E-state index in [1.54, 1.807) is 26.4 Å². The lowest BCUT2D eigenvalue weighted by Crippen LogP contribution is -2.09. The van der Waals surface area contributed by atoms with Crippen LogP contribution in [0.2, 0.25) is 0 Å². The number of halogens is 1. The van der Waals surface area contributed by atoms with Crippen molar-refractivity contribution in [1.82, 2.24) is 9.97 Å². The Bertz CT molecular complexity index is 1140. The van der Waals surface area contributed by atoms with Gasteiger partial charge in [0.15, 0.2) is 11.5 Å². The Balaban J connectivity index is 0.00000363. The number of methoxy groups -OCH3 is 2. The second-order valence-electron chi connectivity index (χ2n) is 6.36. The number of hydrogen-bond acceptors (Lipinski definition) is 7. The molecule has 0 bridgehead atoms. The molecule has 166 valence electrons. The van der Waals surface area contributed by atoms with E-state index >= 15 is 0 Å². The van der Waals surface area contributed by atoms with E-state index in [0.29, 0.717) is 66.1 Å². The van der Waals surface area contributed by atoms with Gasteiger partial charge >= 0.3 is 0 Å². The summed E-state index contributed by atoms with van der Waals surface area (Å²) in [4.78, 5) is 8.76. The summed E-state index contributed by atoms with van der Waals surface area (Å²) in [6.45, 7) is 1.64. The lowest BCUT2D eigenvalue weighted by molar-refractivity contribution is 0.132. The Morgan fingerprint density at radius 2 is 1.59 bits per heavy atom. The highest BCUT2D eigenvalue weighted by atomic mass is 35.5. The molecule has 0 aliphatic carbocycles. The molecule has 0 atom stereocenters. The highest BCUT2D eigenvalue weighted by molar-refractivity contribution is 5.93. The van der Waals surface area contributed by atoms with Gasteiger partial charge in [0.25, 0.3) is 0 Å². The zero-order valence-corrected chi connectivity index (χ0v) is 18.7. The lowest BCUT2D eigenvalue weighted by Gasteiger charge is -2.16. The fraction of sp³-hybridized carbons (Fsp3) is 0.250. The molecule has 1 N–H and O–H groups in total. The number of terminal acetylenes is 2. The lowest BCUT2D eigenvalue weighted by atomic mass is 10.1. The smallest absolute Gasteiger partial charge is 0.163 e. The zero-order chi connectivity index (χ0) is 22.1. The van der Waals surface area contributed by atoms with Crippen LogP contribution in [0, 0.1) is 24.7 Å². The van der Waals surface area contributed by atoms with Crippen molar-refractivity contribution < 1.29 is 18.9 Å². The highest BCUT2D eigenvalue weighted by Crippen LogP contribution is 2.35. The maximum absolute atomic E-state index is 5.87. The second-order valence-corrected chi connectivity index (χ2v) is 6.36. The number of nitrogens with one attached hydrogen (secondary N) is 1. The van der Waals surface area contributed by atoms with Gasteiger partial charge in [-0.05, 0) is 18.2 Å². The van der Waals surface area contributed by atoms with Crippen LogP contribution >= 0.6 is 12.4 Å². The number of benzene rings is 2. The molecule has 0 aliphatic rings. The van der Waals surface area contributed by atoms with E-state index in [4.69, 9.17) is 31.8 Å². The molecule has 0 unspecified atom stereocenters. The molecule has 0 saturated heterocycles. The SMILES string of the molecule is C#Cc1cccc(Nc2ncnc3cc(OCCOC)c(OCCOC)cc23)c1C#C.Cl. The average molecular weight is 454 g/mol. The summed E-state index contributed by atoms with van der Waals surface area (Å²) in [5, 5.41) is 4.02. The minimum absolute atomic E-state index is 0. The fourth-order valence-corrected chi connectivity index (χ4v) is 2.92. The molecule has 32 heavy (non-hydrogen) atoms. The van der Waals surface area contributed by atoms with Crippen LogP contribution in [0.4, 0.5) is 11.5 Å². The standard InChI is InChI=1S/C24H23N3O4.ClH/c1-5-17-8-7-9-20(18(17)6-2)27-24-19-14-22(30-12-10-28-3)23(31-13-11-29-4)15-21(19)25-16-26-24;/h1-2,7-9,14-16H,10-13H2,3-4H3,(H,25,26,27);1H. The Hall–Kier alpha value is -3.49. The van der Waals surface area contributed by atoms with Crippen LogP contribution in [0.3, 0.4) is 0 Å². The van der Waals surface area contributed by atoms with Crippen molar-refractivity contribution in [3.8, 4) is 36.2 Å². The van der Waals surface area contributed by atoms with Crippen LogP contribution < -0.4 is 14.8 Å². The van der Waals surface area contributed by atoms with E-state index in [1.165, 1.54) is 6.33 Å². The molecular formula is C24H24ClN3O4. The molecule has 0 saturated carbocycles. The minimum atomic E-state index is 0. The molecule has 0 amide bonds. The molecule has 3 rings (SSSR count). The first-order valence-electron chi connectivity index (χ1n) is 9.57. The van der Waals surface area contributed by atoms with Gasteiger partial charge < -0.3 is 24.3 Å². The van der Waals surface area contributed by atoms with Gasteiger partial charge in [-0.2, -0.15) is 0 Å². The highest BCUT2D eigenvalue weighted by Gasteiger charge is 2.14. The predicted octanol–water partition coefficient (Wildman–Crippen LogP) is 3.81. The van der Waals surface area contributed by atoms with Crippen LogP contribution in [0.1, 0.15) is 11.1 Å². The van der Waals surface area contributed by atoms with Gasteiger partial charge in [0.1, 0.15) is 25.4 Å².